The van der Waals surface area contributed by atoms with Gasteiger partial charge in [-0.1, -0.05) is 75.4 Å². The first kappa shape index (κ1) is 26.2. The van der Waals surface area contributed by atoms with Gasteiger partial charge in [0.05, 0.1) is 14.2 Å². The highest BCUT2D eigenvalue weighted by Crippen LogP contribution is 2.29. The highest BCUT2D eigenvalue weighted by atomic mass is 16.6. The second-order valence-electron chi connectivity index (χ2n) is 9.24. The van der Waals surface area contributed by atoms with Crippen LogP contribution in [0.3, 0.4) is 0 Å². The molecule has 1 aliphatic heterocycles. The van der Waals surface area contributed by atoms with Crippen LogP contribution in [0.2, 0.25) is 0 Å². The first-order valence-electron chi connectivity index (χ1n) is 13.1. The van der Waals surface area contributed by atoms with E-state index < -0.39 is 5.97 Å². The van der Waals surface area contributed by atoms with E-state index in [1.165, 1.54) is 44.1 Å². The van der Waals surface area contributed by atoms with Crippen molar-refractivity contribution < 1.29 is 19.0 Å². The van der Waals surface area contributed by atoms with E-state index in [2.05, 4.69) is 36.2 Å². The number of carbonyl (C=O) groups is 1. The summed E-state index contributed by atoms with van der Waals surface area (Å²) in [6.45, 7) is 2.25. The quantitative estimate of drug-likeness (QED) is 0.147. The second kappa shape index (κ2) is 12.9. The number of hydrogen-bond donors (Lipinski definition) is 0. The summed E-state index contributed by atoms with van der Waals surface area (Å²) in [6, 6.07) is 22.1. The Labute approximate surface area is 219 Å². The molecule has 0 aromatic heterocycles. The molecule has 1 aliphatic rings. The SMILES string of the molecule is CCCCCCCCc1ccc(-c2ccc(C3=N/C(=C\c4ccc(OC)cc4OC)C(=O)O3)cc2)cc1. The van der Waals surface area contributed by atoms with E-state index in [1.807, 2.05) is 30.3 Å². The molecule has 0 unspecified atom stereocenters. The fourth-order valence-corrected chi connectivity index (χ4v) is 4.40. The summed E-state index contributed by atoms with van der Waals surface area (Å²) < 4.78 is 16.1. The number of hydrogen-bond acceptors (Lipinski definition) is 5. The molecule has 1 heterocycles. The number of esters is 1. The third-order valence-electron chi connectivity index (χ3n) is 6.59. The molecule has 192 valence electrons. The van der Waals surface area contributed by atoms with Crippen LogP contribution >= 0.6 is 0 Å². The van der Waals surface area contributed by atoms with Crippen molar-refractivity contribution in [1.29, 1.82) is 0 Å². The van der Waals surface area contributed by atoms with Gasteiger partial charge >= 0.3 is 5.97 Å². The van der Waals surface area contributed by atoms with Gasteiger partial charge in [0.2, 0.25) is 5.90 Å². The van der Waals surface area contributed by atoms with E-state index >= 15 is 0 Å². The number of methoxy groups -OCH3 is 2. The van der Waals surface area contributed by atoms with Crippen LogP contribution in [0.5, 0.6) is 11.5 Å². The molecule has 3 aromatic carbocycles. The number of nitrogens with zero attached hydrogens (tertiary/aromatic N) is 1. The van der Waals surface area contributed by atoms with Gasteiger partial charge in [-0.05, 0) is 59.9 Å². The van der Waals surface area contributed by atoms with Crippen LogP contribution in [0, 0.1) is 0 Å². The molecular weight excluding hydrogens is 462 g/mol. The fraction of sp³-hybridized carbons (Fsp3) is 0.312. The third kappa shape index (κ3) is 6.88. The van der Waals surface area contributed by atoms with Crippen LogP contribution in [0.15, 0.2) is 77.4 Å². The van der Waals surface area contributed by atoms with Gasteiger partial charge in [-0.2, -0.15) is 0 Å². The van der Waals surface area contributed by atoms with Crippen LogP contribution in [0.4, 0.5) is 0 Å². The smallest absolute Gasteiger partial charge is 0.363 e. The Morgan fingerprint density at radius 1 is 0.784 bits per heavy atom. The number of benzene rings is 3. The molecule has 5 heteroatoms. The summed E-state index contributed by atoms with van der Waals surface area (Å²) in [7, 11) is 3.17. The van der Waals surface area contributed by atoms with E-state index in [0.29, 0.717) is 17.4 Å². The van der Waals surface area contributed by atoms with Crippen molar-refractivity contribution in [3.8, 4) is 22.6 Å². The zero-order chi connectivity index (χ0) is 26.0. The molecule has 37 heavy (non-hydrogen) atoms. The molecule has 0 saturated heterocycles. The standard InChI is InChI=1S/C32H35NO4/c1-4-5-6-7-8-9-10-23-11-13-24(14-12-23)25-15-17-26(18-16-25)31-33-29(32(34)37-31)21-27-19-20-28(35-2)22-30(27)36-3/h11-22H,4-10H2,1-3H3/b29-21-. The Balaban J connectivity index is 1.41. The lowest BCUT2D eigenvalue weighted by molar-refractivity contribution is -0.129. The molecule has 0 saturated carbocycles. The number of aliphatic imine (C=N–C) groups is 1. The number of unbranched alkanes of at least 4 members (excludes halogenated alkanes) is 5. The summed E-state index contributed by atoms with van der Waals surface area (Å²) >= 11 is 0. The van der Waals surface area contributed by atoms with Crippen molar-refractivity contribution in [2.75, 3.05) is 14.2 Å². The molecule has 3 aromatic rings. The van der Waals surface area contributed by atoms with Crippen LogP contribution in [-0.2, 0) is 16.0 Å². The van der Waals surface area contributed by atoms with Crippen molar-refractivity contribution in [3.63, 3.8) is 0 Å². The van der Waals surface area contributed by atoms with E-state index in [4.69, 9.17) is 14.2 Å². The minimum absolute atomic E-state index is 0.225. The number of aryl methyl sites for hydroxylation is 1. The second-order valence-corrected chi connectivity index (χ2v) is 9.24. The van der Waals surface area contributed by atoms with Crippen molar-refractivity contribution in [1.82, 2.24) is 0 Å². The van der Waals surface area contributed by atoms with Gasteiger partial charge in [-0.15, -0.1) is 0 Å². The van der Waals surface area contributed by atoms with E-state index in [9.17, 15) is 4.79 Å². The predicted molar refractivity (Wildman–Crippen MR) is 149 cm³/mol. The Hall–Kier alpha value is -3.86. The first-order valence-corrected chi connectivity index (χ1v) is 13.1. The van der Waals surface area contributed by atoms with Crippen LogP contribution < -0.4 is 9.47 Å². The predicted octanol–water partition coefficient (Wildman–Crippen LogP) is 7.62. The highest BCUT2D eigenvalue weighted by molar-refractivity contribution is 6.13. The topological polar surface area (TPSA) is 57.1 Å². The van der Waals surface area contributed by atoms with Crippen LogP contribution in [0.25, 0.3) is 17.2 Å². The van der Waals surface area contributed by atoms with Gasteiger partial charge in [0, 0.05) is 17.2 Å². The monoisotopic (exact) mass is 497 g/mol. The molecule has 0 spiro atoms. The van der Waals surface area contributed by atoms with E-state index in [0.717, 1.165) is 28.7 Å². The van der Waals surface area contributed by atoms with Crippen molar-refractivity contribution in [2.24, 2.45) is 4.99 Å². The van der Waals surface area contributed by atoms with Gasteiger partial charge in [-0.25, -0.2) is 9.79 Å². The lowest BCUT2D eigenvalue weighted by atomic mass is 10.00. The Morgan fingerprint density at radius 2 is 1.43 bits per heavy atom. The van der Waals surface area contributed by atoms with Gasteiger partial charge in [-0.3, -0.25) is 0 Å². The minimum Gasteiger partial charge on any atom is -0.497 e. The maximum absolute atomic E-state index is 12.5. The van der Waals surface area contributed by atoms with Gasteiger partial charge < -0.3 is 14.2 Å². The first-order chi connectivity index (χ1) is 18.1. The molecule has 0 atom stereocenters. The molecule has 0 aliphatic carbocycles. The largest absolute Gasteiger partial charge is 0.497 e. The zero-order valence-electron chi connectivity index (χ0n) is 22.0. The summed E-state index contributed by atoms with van der Waals surface area (Å²) in [5, 5.41) is 0. The Bertz CT molecular complexity index is 1260. The number of rotatable bonds is 12. The number of carbonyl (C=O) groups excluding carboxylic acids is 1. The highest BCUT2D eigenvalue weighted by Gasteiger charge is 2.24. The molecule has 5 nitrogen and oxygen atoms in total. The number of ether oxygens (including phenoxy) is 3. The van der Waals surface area contributed by atoms with Crippen molar-refractivity contribution >= 4 is 17.9 Å². The lowest BCUT2D eigenvalue weighted by Crippen LogP contribution is -2.05. The van der Waals surface area contributed by atoms with E-state index in [-0.39, 0.29) is 5.70 Å². The lowest BCUT2D eigenvalue weighted by Gasteiger charge is -2.07. The molecule has 0 N–H and O–H groups in total. The fourth-order valence-electron chi connectivity index (χ4n) is 4.40. The van der Waals surface area contributed by atoms with Gasteiger partial charge in [0.25, 0.3) is 0 Å². The van der Waals surface area contributed by atoms with Crippen LogP contribution in [-0.4, -0.2) is 26.1 Å². The normalized spacial score (nSPS) is 14.0. The summed E-state index contributed by atoms with van der Waals surface area (Å²) in [4.78, 5) is 16.9. The van der Waals surface area contributed by atoms with Crippen LogP contribution in [0.1, 0.15) is 62.1 Å². The summed E-state index contributed by atoms with van der Waals surface area (Å²) in [5.74, 6) is 1.07. The zero-order valence-corrected chi connectivity index (χ0v) is 22.0. The average molecular weight is 498 g/mol. The van der Waals surface area contributed by atoms with Crippen molar-refractivity contribution in [2.45, 2.75) is 51.9 Å². The Morgan fingerprint density at radius 3 is 2.11 bits per heavy atom. The summed E-state index contributed by atoms with van der Waals surface area (Å²) in [6.07, 6.45) is 10.7. The molecule has 4 rings (SSSR count). The molecule has 0 radical (unpaired) electrons. The minimum atomic E-state index is -0.488. The molecule has 0 amide bonds. The van der Waals surface area contributed by atoms with Gasteiger partial charge in [0.1, 0.15) is 11.5 Å². The molecule has 0 bridgehead atoms. The Kier molecular flexibility index (Phi) is 9.14. The third-order valence-corrected chi connectivity index (χ3v) is 6.59. The van der Waals surface area contributed by atoms with E-state index in [1.54, 1.807) is 32.4 Å². The molecule has 0 fully saturated rings. The average Bonchev–Trinajstić information content (AvgIpc) is 3.31. The summed E-state index contributed by atoms with van der Waals surface area (Å²) in [5.41, 5.74) is 5.35. The molecular formula is C32H35NO4. The van der Waals surface area contributed by atoms with Gasteiger partial charge in [0.15, 0.2) is 5.70 Å². The maximum Gasteiger partial charge on any atom is 0.363 e. The van der Waals surface area contributed by atoms with Crippen molar-refractivity contribution in [3.05, 3.63) is 89.1 Å². The number of cyclic esters (lactones) is 1. The maximum atomic E-state index is 12.5.